The number of aromatic amines is 1. The topological polar surface area (TPSA) is 341 Å². The Labute approximate surface area is 228 Å². The molecule has 0 bridgehead atoms. The van der Waals surface area contributed by atoms with Crippen molar-refractivity contribution in [2.24, 2.45) is 0 Å². The summed E-state index contributed by atoms with van der Waals surface area (Å²) in [6.45, 7) is -1.56. The number of nitrogen functional groups attached to an aromatic ring is 2. The Morgan fingerprint density at radius 1 is 1.05 bits per heavy atom. The van der Waals surface area contributed by atoms with Gasteiger partial charge in [-0.05, 0) is 6.07 Å². The van der Waals surface area contributed by atoms with Gasteiger partial charge in [0, 0.05) is 6.20 Å². The van der Waals surface area contributed by atoms with E-state index < -0.39 is 81.4 Å². The monoisotopic (exact) mass is 605 g/mol. The first-order valence-electron chi connectivity index (χ1n) is 11.6. The summed E-state index contributed by atoms with van der Waals surface area (Å²) >= 11 is 0. The zero-order chi connectivity index (χ0) is 28.9. The number of ether oxygens (including phenoxy) is 2. The fourth-order valence-electron chi connectivity index (χ4n) is 4.42. The van der Waals surface area contributed by atoms with E-state index in [9.17, 15) is 39.5 Å². The lowest BCUT2D eigenvalue weighted by Gasteiger charge is -2.23. The summed E-state index contributed by atoms with van der Waals surface area (Å²) in [5.41, 5.74) is 9.32. The van der Waals surface area contributed by atoms with Crippen molar-refractivity contribution in [1.29, 1.82) is 0 Å². The zero-order valence-electron chi connectivity index (χ0n) is 20.9. The normalized spacial score (nSPS) is 31.2. The van der Waals surface area contributed by atoms with E-state index in [4.69, 9.17) is 30.0 Å². The number of imidazole rings is 1. The van der Waals surface area contributed by atoms with Crippen LogP contribution in [0.1, 0.15) is 12.5 Å². The molecule has 3 aromatic rings. The van der Waals surface area contributed by atoms with Crippen molar-refractivity contribution in [3.63, 3.8) is 0 Å². The second kappa shape index (κ2) is 11.5. The first-order chi connectivity index (χ1) is 18.9. The molecule has 2 fully saturated rings. The van der Waals surface area contributed by atoms with Gasteiger partial charge in [0.25, 0.3) is 5.56 Å². The van der Waals surface area contributed by atoms with Crippen molar-refractivity contribution < 1.29 is 48.4 Å². The number of anilines is 2. The number of nitrogens with one attached hydrogen (secondary N) is 1. The van der Waals surface area contributed by atoms with Crippen LogP contribution in [0.3, 0.4) is 0 Å². The molecular formula is C19H28N9O12P. The third-order valence-corrected chi connectivity index (χ3v) is 7.32. The third kappa shape index (κ3) is 5.73. The second-order valence-electron chi connectivity index (χ2n) is 8.94. The number of phosphoric acid groups is 1. The molecule has 3 aromatic heterocycles. The Hall–Kier alpha value is -3.34. The minimum absolute atomic E-state index is 0. The predicted molar refractivity (Wildman–Crippen MR) is 134 cm³/mol. The van der Waals surface area contributed by atoms with Crippen LogP contribution in [-0.2, 0) is 23.1 Å². The molecule has 41 heavy (non-hydrogen) atoms. The van der Waals surface area contributed by atoms with Crippen LogP contribution in [0.15, 0.2) is 28.2 Å². The molecule has 2 aliphatic heterocycles. The van der Waals surface area contributed by atoms with E-state index in [0.29, 0.717) is 0 Å². The summed E-state index contributed by atoms with van der Waals surface area (Å²) in [5, 5.41) is 41.3. The summed E-state index contributed by atoms with van der Waals surface area (Å²) in [5.74, 6) is -0.322. The third-order valence-electron chi connectivity index (χ3n) is 6.33. The largest absolute Gasteiger partial charge is 0.472 e. The van der Waals surface area contributed by atoms with E-state index in [-0.39, 0.29) is 29.1 Å². The average molecular weight is 605 g/mol. The number of aliphatic hydroxyl groups excluding tert-OH is 4. The molecule has 2 saturated heterocycles. The lowest BCUT2D eigenvalue weighted by molar-refractivity contribution is -0.0594. The highest BCUT2D eigenvalue weighted by molar-refractivity contribution is 7.47. The molecule has 226 valence electrons. The Morgan fingerprint density at radius 2 is 1.73 bits per heavy atom. The molecule has 9 unspecified atom stereocenters. The smallest absolute Gasteiger partial charge is 0.394 e. The maximum Gasteiger partial charge on any atom is 0.472 e. The molecule has 0 aliphatic carbocycles. The van der Waals surface area contributed by atoms with E-state index in [2.05, 4.69) is 19.9 Å². The van der Waals surface area contributed by atoms with E-state index in [1.807, 2.05) is 0 Å². The number of phosphoric ester groups is 1. The van der Waals surface area contributed by atoms with Gasteiger partial charge in [-0.2, -0.15) is 9.97 Å². The molecule has 5 rings (SSSR count). The van der Waals surface area contributed by atoms with Crippen molar-refractivity contribution in [3.05, 3.63) is 39.4 Å². The van der Waals surface area contributed by atoms with Crippen molar-refractivity contribution in [2.45, 2.75) is 49.1 Å². The van der Waals surface area contributed by atoms with E-state index >= 15 is 0 Å². The van der Waals surface area contributed by atoms with Gasteiger partial charge in [0.1, 0.15) is 42.4 Å². The van der Waals surface area contributed by atoms with Crippen LogP contribution in [-0.4, -0.2) is 104 Å². The number of nitrogens with zero attached hydrogens (tertiary/aromatic N) is 5. The van der Waals surface area contributed by atoms with Crippen molar-refractivity contribution >= 4 is 30.8 Å². The predicted octanol–water partition coefficient (Wildman–Crippen LogP) is -3.93. The van der Waals surface area contributed by atoms with Crippen LogP contribution >= 0.6 is 7.82 Å². The summed E-state index contributed by atoms with van der Waals surface area (Å²) in [4.78, 5) is 48.1. The highest BCUT2D eigenvalue weighted by Crippen LogP contribution is 2.49. The van der Waals surface area contributed by atoms with Gasteiger partial charge in [-0.3, -0.25) is 28.0 Å². The van der Waals surface area contributed by atoms with Gasteiger partial charge in [0.15, 0.2) is 23.6 Å². The van der Waals surface area contributed by atoms with Crippen molar-refractivity contribution in [3.8, 4) is 0 Å². The molecule has 13 N–H and O–H groups in total. The number of nitrogens with two attached hydrogens (primary N) is 2. The Kier molecular flexibility index (Phi) is 8.59. The second-order valence-corrected chi connectivity index (χ2v) is 10.3. The molecule has 22 heteroatoms. The fourth-order valence-corrected chi connectivity index (χ4v) is 5.39. The Bertz CT molecular complexity index is 1560. The maximum atomic E-state index is 12.7. The Morgan fingerprint density at radius 3 is 2.41 bits per heavy atom. The van der Waals surface area contributed by atoms with Crippen LogP contribution in [0.5, 0.6) is 0 Å². The van der Waals surface area contributed by atoms with E-state index in [1.54, 1.807) is 0 Å². The molecule has 0 amide bonds. The van der Waals surface area contributed by atoms with Gasteiger partial charge in [-0.25, -0.2) is 14.3 Å². The number of aliphatic hydroxyl groups is 4. The summed E-state index contributed by atoms with van der Waals surface area (Å²) in [7, 11) is -5.04. The molecule has 0 spiro atoms. The number of hydrogen-bond acceptors (Lipinski definition) is 17. The summed E-state index contributed by atoms with van der Waals surface area (Å²) in [6.07, 6.45) is -9.84. The van der Waals surface area contributed by atoms with Gasteiger partial charge < -0.3 is 52.4 Å². The van der Waals surface area contributed by atoms with Gasteiger partial charge in [0.05, 0.1) is 19.5 Å². The molecule has 5 heterocycles. The van der Waals surface area contributed by atoms with Gasteiger partial charge in [-0.1, -0.05) is 0 Å². The Balaban J connectivity index is 0.00000387. The standard InChI is InChI=1S/C19H25N8O12P.H3N/c20-8-1-2-26(19(33)23-8)17-12(31)13(6(3-28)37-17)39-40(34,35)36-4-7-10(29)11(30)16(38-7)27-5-22-9-14(27)24-18(21)25-15(9)32;/h1-2,5-7,10-13,16-17,28-31H,3-4H2,(H,34,35)(H2,20,23,33)(H3,21,24,25,32);1H3. The van der Waals surface area contributed by atoms with Crippen molar-refractivity contribution in [1.82, 2.24) is 35.2 Å². The minimum atomic E-state index is -5.04. The van der Waals surface area contributed by atoms with E-state index in [0.717, 1.165) is 15.5 Å². The number of rotatable bonds is 8. The van der Waals surface area contributed by atoms with Gasteiger partial charge >= 0.3 is 13.5 Å². The molecule has 0 radical (unpaired) electrons. The van der Waals surface area contributed by atoms with E-state index in [1.165, 1.54) is 12.3 Å². The molecule has 21 nitrogen and oxygen atoms in total. The lowest BCUT2D eigenvalue weighted by Crippen LogP contribution is -2.38. The molecule has 2 aliphatic rings. The molecule has 0 saturated carbocycles. The van der Waals surface area contributed by atoms with Crippen molar-refractivity contribution in [2.75, 3.05) is 24.7 Å². The van der Waals surface area contributed by atoms with Crippen LogP contribution in [0.4, 0.5) is 11.8 Å². The minimum Gasteiger partial charge on any atom is -0.394 e. The quantitative estimate of drug-likeness (QED) is 0.111. The van der Waals surface area contributed by atoms with Crippen LogP contribution in [0.25, 0.3) is 11.2 Å². The van der Waals surface area contributed by atoms with Crippen LogP contribution < -0.4 is 28.9 Å². The lowest BCUT2D eigenvalue weighted by atomic mass is 10.1. The molecular weight excluding hydrogens is 577 g/mol. The zero-order valence-corrected chi connectivity index (χ0v) is 21.8. The number of H-pyrrole nitrogens is 1. The molecule has 0 aromatic carbocycles. The first kappa shape index (κ1) is 30.6. The highest BCUT2D eigenvalue weighted by atomic mass is 31.2. The number of fused-ring (bicyclic) bond motifs is 1. The van der Waals surface area contributed by atoms with Gasteiger partial charge in [-0.15, -0.1) is 0 Å². The summed E-state index contributed by atoms with van der Waals surface area (Å²) in [6, 6.07) is 1.25. The first-order valence-corrected chi connectivity index (χ1v) is 13.1. The number of aromatic nitrogens is 6. The van der Waals surface area contributed by atoms with Crippen LogP contribution in [0, 0.1) is 0 Å². The van der Waals surface area contributed by atoms with Crippen LogP contribution in [0.2, 0.25) is 0 Å². The number of hydrogen-bond donors (Lipinski definition) is 9. The fraction of sp³-hybridized carbons (Fsp3) is 0.526. The average Bonchev–Trinajstić information content (AvgIpc) is 3.53. The summed E-state index contributed by atoms with van der Waals surface area (Å²) < 4.78 is 35.7. The SMILES string of the molecule is N.Nc1ccn(C2OC(CO)C(OP(=O)(O)OCC3OC(n4cnc5c(=O)[nH]c(N)nc54)C(O)C3O)C2O)c(=O)n1. The maximum absolute atomic E-state index is 12.7. The molecule has 9 atom stereocenters. The van der Waals surface area contributed by atoms with Gasteiger partial charge in [0.2, 0.25) is 5.95 Å². The highest BCUT2D eigenvalue weighted by Gasteiger charge is 2.50.